The van der Waals surface area contributed by atoms with Gasteiger partial charge in [0.25, 0.3) is 0 Å². The van der Waals surface area contributed by atoms with Gasteiger partial charge in [-0.05, 0) is 13.0 Å². The quantitative estimate of drug-likeness (QED) is 0.662. The lowest BCUT2D eigenvalue weighted by Crippen LogP contribution is -2.04. The van der Waals surface area contributed by atoms with Crippen LogP contribution in [0.3, 0.4) is 0 Å². The van der Waals surface area contributed by atoms with E-state index in [9.17, 15) is 4.79 Å². The molecule has 0 atom stereocenters. The van der Waals surface area contributed by atoms with Crippen molar-refractivity contribution in [1.29, 1.82) is 0 Å². The molecule has 0 aliphatic rings. The number of carbonyl (C=O) groups is 1. The van der Waals surface area contributed by atoms with Crippen LogP contribution in [0.1, 0.15) is 17.3 Å². The average molecular weight is 191 g/mol. The van der Waals surface area contributed by atoms with Crippen molar-refractivity contribution in [2.45, 2.75) is 6.92 Å². The molecule has 0 saturated heterocycles. The predicted molar refractivity (Wildman–Crippen MR) is 48.9 cm³/mol. The van der Waals surface area contributed by atoms with E-state index in [1.54, 1.807) is 25.4 Å². The topological polar surface area (TPSA) is 56.5 Å². The Morgan fingerprint density at radius 3 is 3.29 bits per heavy atom. The highest BCUT2D eigenvalue weighted by Gasteiger charge is 2.13. The lowest BCUT2D eigenvalue weighted by molar-refractivity contribution is 0.0528. The number of hydrogen-bond donors (Lipinski definition) is 0. The van der Waals surface area contributed by atoms with Crippen molar-refractivity contribution < 1.29 is 9.53 Å². The number of aromatic nitrogens is 3. The number of nitrogens with zero attached hydrogens (tertiary/aromatic N) is 3. The fourth-order valence-electron chi connectivity index (χ4n) is 1.18. The first-order valence-corrected chi connectivity index (χ1v) is 4.28. The SMILES string of the molecule is CCOC(=O)c1cnn2cccnc12. The molecule has 5 nitrogen and oxygen atoms in total. The van der Waals surface area contributed by atoms with Crippen LogP contribution in [0, 0.1) is 0 Å². The van der Waals surface area contributed by atoms with Crippen LogP contribution in [0.5, 0.6) is 0 Å². The number of fused-ring (bicyclic) bond motifs is 1. The van der Waals surface area contributed by atoms with Gasteiger partial charge in [-0.2, -0.15) is 5.10 Å². The number of carbonyl (C=O) groups excluding carboxylic acids is 1. The first-order chi connectivity index (χ1) is 6.83. The number of esters is 1. The van der Waals surface area contributed by atoms with Crippen LogP contribution in [-0.2, 0) is 4.74 Å². The second-order valence-corrected chi connectivity index (χ2v) is 2.67. The lowest BCUT2D eigenvalue weighted by atomic mass is 10.3. The highest BCUT2D eigenvalue weighted by Crippen LogP contribution is 2.07. The second-order valence-electron chi connectivity index (χ2n) is 2.67. The van der Waals surface area contributed by atoms with Crippen LogP contribution < -0.4 is 0 Å². The minimum atomic E-state index is -0.388. The van der Waals surface area contributed by atoms with E-state index >= 15 is 0 Å². The summed E-state index contributed by atoms with van der Waals surface area (Å²) in [6.45, 7) is 2.11. The van der Waals surface area contributed by atoms with Gasteiger partial charge in [-0.1, -0.05) is 0 Å². The van der Waals surface area contributed by atoms with Crippen LogP contribution >= 0.6 is 0 Å². The molecular weight excluding hydrogens is 182 g/mol. The van der Waals surface area contributed by atoms with E-state index in [2.05, 4.69) is 10.1 Å². The highest BCUT2D eigenvalue weighted by atomic mass is 16.5. The molecule has 0 aliphatic heterocycles. The fraction of sp³-hybridized carbons (Fsp3) is 0.222. The summed E-state index contributed by atoms with van der Waals surface area (Å²) in [7, 11) is 0. The van der Waals surface area contributed by atoms with Crippen molar-refractivity contribution in [3.8, 4) is 0 Å². The van der Waals surface area contributed by atoms with Gasteiger partial charge >= 0.3 is 5.97 Å². The van der Waals surface area contributed by atoms with Crippen molar-refractivity contribution in [2.24, 2.45) is 0 Å². The summed E-state index contributed by atoms with van der Waals surface area (Å²) in [5, 5.41) is 3.98. The molecular formula is C9H9N3O2. The molecule has 0 fully saturated rings. The molecule has 0 bridgehead atoms. The Bertz CT molecular complexity index is 464. The monoisotopic (exact) mass is 191 g/mol. The zero-order chi connectivity index (χ0) is 9.97. The zero-order valence-corrected chi connectivity index (χ0v) is 7.67. The molecule has 0 radical (unpaired) electrons. The number of rotatable bonds is 2. The molecule has 0 aromatic carbocycles. The molecule has 0 unspecified atom stereocenters. The molecule has 0 aliphatic carbocycles. The summed E-state index contributed by atoms with van der Waals surface area (Å²) in [4.78, 5) is 15.4. The maximum atomic E-state index is 11.4. The van der Waals surface area contributed by atoms with E-state index in [0.29, 0.717) is 17.8 Å². The molecule has 0 amide bonds. The van der Waals surface area contributed by atoms with E-state index in [0.717, 1.165) is 0 Å². The van der Waals surface area contributed by atoms with E-state index < -0.39 is 0 Å². The molecule has 0 N–H and O–H groups in total. The third-order valence-electron chi connectivity index (χ3n) is 1.77. The third kappa shape index (κ3) is 1.32. The molecule has 14 heavy (non-hydrogen) atoms. The first-order valence-electron chi connectivity index (χ1n) is 4.28. The van der Waals surface area contributed by atoms with Crippen molar-refractivity contribution in [1.82, 2.24) is 14.6 Å². The van der Waals surface area contributed by atoms with Gasteiger partial charge in [-0.25, -0.2) is 14.3 Å². The maximum Gasteiger partial charge on any atom is 0.343 e. The minimum absolute atomic E-state index is 0.350. The average Bonchev–Trinajstić information content (AvgIpc) is 2.61. The van der Waals surface area contributed by atoms with Crippen LogP contribution in [0.25, 0.3) is 5.65 Å². The van der Waals surface area contributed by atoms with Gasteiger partial charge in [0.2, 0.25) is 0 Å². The molecule has 0 spiro atoms. The smallest absolute Gasteiger partial charge is 0.343 e. The predicted octanol–water partition coefficient (Wildman–Crippen LogP) is 0.906. The molecule has 2 rings (SSSR count). The summed E-state index contributed by atoms with van der Waals surface area (Å²) in [5.41, 5.74) is 0.915. The van der Waals surface area contributed by atoms with E-state index in [1.165, 1.54) is 10.7 Å². The maximum absolute atomic E-state index is 11.4. The van der Waals surface area contributed by atoms with E-state index in [1.807, 2.05) is 0 Å². The highest BCUT2D eigenvalue weighted by molar-refractivity contribution is 5.95. The second kappa shape index (κ2) is 3.45. The summed E-state index contributed by atoms with van der Waals surface area (Å²) in [6.07, 6.45) is 4.80. The van der Waals surface area contributed by atoms with Crippen LogP contribution in [0.2, 0.25) is 0 Å². The molecule has 0 saturated carbocycles. The Labute approximate surface area is 80.3 Å². The Balaban J connectivity index is 2.47. The summed E-state index contributed by atoms with van der Waals surface area (Å²) < 4.78 is 6.40. The summed E-state index contributed by atoms with van der Waals surface area (Å²) >= 11 is 0. The van der Waals surface area contributed by atoms with Crippen LogP contribution in [0.15, 0.2) is 24.7 Å². The molecule has 2 heterocycles. The zero-order valence-electron chi connectivity index (χ0n) is 7.67. The van der Waals surface area contributed by atoms with Crippen LogP contribution in [0.4, 0.5) is 0 Å². The van der Waals surface area contributed by atoms with Crippen molar-refractivity contribution in [3.63, 3.8) is 0 Å². The van der Waals surface area contributed by atoms with Gasteiger partial charge in [0.15, 0.2) is 5.65 Å². The largest absolute Gasteiger partial charge is 0.462 e. The van der Waals surface area contributed by atoms with Gasteiger partial charge in [0, 0.05) is 12.4 Å². The summed E-state index contributed by atoms with van der Waals surface area (Å²) in [6, 6.07) is 1.74. The Hall–Kier alpha value is -1.91. The lowest BCUT2D eigenvalue weighted by Gasteiger charge is -1.97. The van der Waals surface area contributed by atoms with Gasteiger partial charge in [0.1, 0.15) is 5.56 Å². The fourth-order valence-corrected chi connectivity index (χ4v) is 1.18. The molecule has 2 aromatic rings. The number of hydrogen-bond acceptors (Lipinski definition) is 4. The van der Waals surface area contributed by atoms with Gasteiger partial charge in [-0.15, -0.1) is 0 Å². The third-order valence-corrected chi connectivity index (χ3v) is 1.77. The summed E-state index contributed by atoms with van der Waals surface area (Å²) in [5.74, 6) is -0.388. The standard InChI is InChI=1S/C9H9N3O2/c1-2-14-9(13)7-6-11-12-5-3-4-10-8(7)12/h3-6H,2H2,1H3. The van der Waals surface area contributed by atoms with Gasteiger partial charge in [-0.3, -0.25) is 0 Å². The van der Waals surface area contributed by atoms with E-state index in [-0.39, 0.29) is 5.97 Å². The Morgan fingerprint density at radius 1 is 1.64 bits per heavy atom. The van der Waals surface area contributed by atoms with E-state index in [4.69, 9.17) is 4.74 Å². The van der Waals surface area contributed by atoms with Crippen LogP contribution in [-0.4, -0.2) is 27.2 Å². The molecule has 2 aromatic heterocycles. The van der Waals surface area contributed by atoms with Gasteiger partial charge < -0.3 is 4.74 Å². The first kappa shape index (κ1) is 8.68. The Kier molecular flexibility index (Phi) is 2.14. The minimum Gasteiger partial charge on any atom is -0.462 e. The van der Waals surface area contributed by atoms with Crippen molar-refractivity contribution >= 4 is 11.6 Å². The van der Waals surface area contributed by atoms with Crippen molar-refractivity contribution in [3.05, 3.63) is 30.2 Å². The molecule has 5 heteroatoms. The number of ether oxygens (including phenoxy) is 1. The normalized spacial score (nSPS) is 10.4. The Morgan fingerprint density at radius 2 is 2.50 bits per heavy atom. The molecule has 72 valence electrons. The van der Waals surface area contributed by atoms with Gasteiger partial charge in [0.05, 0.1) is 12.8 Å². The van der Waals surface area contributed by atoms with Crippen molar-refractivity contribution in [2.75, 3.05) is 6.61 Å².